The van der Waals surface area contributed by atoms with Crippen LogP contribution in [0.4, 0.5) is 0 Å². The van der Waals surface area contributed by atoms with Crippen LogP contribution in [0.25, 0.3) is 0 Å². The fourth-order valence-electron chi connectivity index (χ4n) is 7.75. The van der Waals surface area contributed by atoms with E-state index in [0.717, 1.165) is 24.7 Å². The van der Waals surface area contributed by atoms with Crippen LogP contribution in [0.1, 0.15) is 78.6 Å². The standard InChI is InChI=1S/C21H36O2/c1-13-5-4-6-17-18(22)12-14-11-15(21(13,17)3)9-10-20(2)16(14)7-8-19(20)23/h13-19,22-23H,4-12H2,1-3H3/t13?,14?,15?,16?,17?,18?,19?,20?,21-/m1/s1. The summed E-state index contributed by atoms with van der Waals surface area (Å²) in [5, 5.41) is 21.8. The van der Waals surface area contributed by atoms with E-state index in [4.69, 9.17) is 0 Å². The molecule has 0 aromatic rings. The molecule has 0 aromatic heterocycles. The molecule has 4 saturated carbocycles. The van der Waals surface area contributed by atoms with Gasteiger partial charge in [-0.1, -0.05) is 33.6 Å². The Labute approximate surface area is 142 Å². The Morgan fingerprint density at radius 2 is 1.65 bits per heavy atom. The zero-order valence-corrected chi connectivity index (χ0v) is 15.3. The van der Waals surface area contributed by atoms with Gasteiger partial charge in [-0.05, 0) is 85.4 Å². The molecule has 2 N–H and O–H groups in total. The molecular formula is C21H36O2. The molecule has 2 nitrogen and oxygen atoms in total. The van der Waals surface area contributed by atoms with Crippen molar-refractivity contribution in [2.75, 3.05) is 0 Å². The highest BCUT2D eigenvalue weighted by Gasteiger charge is 2.58. The number of rotatable bonds is 0. The van der Waals surface area contributed by atoms with E-state index in [1.807, 2.05) is 0 Å². The van der Waals surface area contributed by atoms with Crippen molar-refractivity contribution < 1.29 is 10.2 Å². The first kappa shape index (κ1) is 16.4. The number of hydrogen-bond acceptors (Lipinski definition) is 2. The van der Waals surface area contributed by atoms with Gasteiger partial charge in [0, 0.05) is 0 Å². The second kappa shape index (κ2) is 5.46. The van der Waals surface area contributed by atoms with Gasteiger partial charge < -0.3 is 10.2 Å². The molecule has 0 spiro atoms. The Morgan fingerprint density at radius 1 is 0.870 bits per heavy atom. The van der Waals surface area contributed by atoms with E-state index >= 15 is 0 Å². The molecule has 2 heteroatoms. The van der Waals surface area contributed by atoms with Gasteiger partial charge >= 0.3 is 0 Å². The molecule has 4 aliphatic carbocycles. The van der Waals surface area contributed by atoms with Crippen LogP contribution in [0, 0.1) is 40.4 Å². The smallest absolute Gasteiger partial charge is 0.0596 e. The maximum atomic E-state index is 11.1. The summed E-state index contributed by atoms with van der Waals surface area (Å²) in [4.78, 5) is 0. The van der Waals surface area contributed by atoms with E-state index in [2.05, 4.69) is 20.8 Å². The number of hydrogen-bond donors (Lipinski definition) is 2. The fourth-order valence-corrected chi connectivity index (χ4v) is 7.75. The number of aliphatic hydroxyl groups is 2. The molecule has 0 heterocycles. The van der Waals surface area contributed by atoms with E-state index in [0.29, 0.717) is 23.2 Å². The molecule has 4 fully saturated rings. The van der Waals surface area contributed by atoms with Gasteiger partial charge in [0.05, 0.1) is 12.2 Å². The quantitative estimate of drug-likeness (QED) is 0.695. The predicted octanol–water partition coefficient (Wildman–Crippen LogP) is 4.39. The number of aliphatic hydroxyl groups excluding tert-OH is 2. The van der Waals surface area contributed by atoms with Crippen molar-refractivity contribution in [3.05, 3.63) is 0 Å². The topological polar surface area (TPSA) is 40.5 Å². The largest absolute Gasteiger partial charge is 0.393 e. The van der Waals surface area contributed by atoms with Crippen molar-refractivity contribution >= 4 is 0 Å². The highest BCUT2D eigenvalue weighted by Crippen LogP contribution is 2.63. The van der Waals surface area contributed by atoms with Crippen molar-refractivity contribution in [1.82, 2.24) is 0 Å². The first-order valence-electron chi connectivity index (χ1n) is 10.2. The third kappa shape index (κ3) is 2.20. The molecule has 23 heavy (non-hydrogen) atoms. The minimum atomic E-state index is -0.113. The van der Waals surface area contributed by atoms with Crippen molar-refractivity contribution in [2.24, 2.45) is 40.4 Å². The van der Waals surface area contributed by atoms with Gasteiger partial charge in [0.15, 0.2) is 0 Å². The summed E-state index contributed by atoms with van der Waals surface area (Å²) < 4.78 is 0. The maximum Gasteiger partial charge on any atom is 0.0596 e. The molecule has 0 amide bonds. The van der Waals surface area contributed by atoms with Gasteiger partial charge in [0.1, 0.15) is 0 Å². The lowest BCUT2D eigenvalue weighted by molar-refractivity contribution is -0.0732. The van der Waals surface area contributed by atoms with Crippen molar-refractivity contribution in [1.29, 1.82) is 0 Å². The summed E-state index contributed by atoms with van der Waals surface area (Å²) in [7, 11) is 0. The second-order valence-corrected chi connectivity index (χ2v) is 10.0. The minimum absolute atomic E-state index is 0.111. The average Bonchev–Trinajstić information content (AvgIpc) is 2.65. The van der Waals surface area contributed by atoms with Gasteiger partial charge in [-0.25, -0.2) is 0 Å². The molecule has 8 unspecified atom stereocenters. The lowest BCUT2D eigenvalue weighted by atomic mass is 9.54. The van der Waals surface area contributed by atoms with E-state index in [-0.39, 0.29) is 17.6 Å². The molecule has 0 aliphatic heterocycles. The molecule has 132 valence electrons. The molecule has 0 aromatic carbocycles. The Balaban J connectivity index is 1.72. The molecule has 0 saturated heterocycles. The zero-order chi connectivity index (χ0) is 16.4. The average molecular weight is 321 g/mol. The van der Waals surface area contributed by atoms with Crippen LogP contribution in [0.2, 0.25) is 0 Å². The second-order valence-electron chi connectivity index (χ2n) is 10.0. The van der Waals surface area contributed by atoms with Gasteiger partial charge in [-0.2, -0.15) is 0 Å². The van der Waals surface area contributed by atoms with Crippen molar-refractivity contribution in [3.63, 3.8) is 0 Å². The first-order chi connectivity index (χ1) is 10.9. The highest BCUT2D eigenvalue weighted by molar-refractivity contribution is 5.07. The van der Waals surface area contributed by atoms with Crippen LogP contribution < -0.4 is 0 Å². The van der Waals surface area contributed by atoms with Crippen molar-refractivity contribution in [2.45, 2.75) is 90.8 Å². The zero-order valence-electron chi connectivity index (χ0n) is 15.3. The minimum Gasteiger partial charge on any atom is -0.393 e. The SMILES string of the molecule is CC1CCCC2C(O)CC3CC(CCC4(C)C(O)CCC34)[C@@]12C. The Morgan fingerprint density at radius 3 is 2.43 bits per heavy atom. The van der Waals surface area contributed by atoms with E-state index in [1.54, 1.807) is 0 Å². The highest BCUT2D eigenvalue weighted by atomic mass is 16.3. The monoisotopic (exact) mass is 320 g/mol. The summed E-state index contributed by atoms with van der Waals surface area (Å²) in [5.41, 5.74) is 0.423. The Bertz CT molecular complexity index is 463. The lowest BCUT2D eigenvalue weighted by Crippen LogP contribution is -2.47. The van der Waals surface area contributed by atoms with Gasteiger partial charge in [-0.3, -0.25) is 0 Å². The third-order valence-electron chi connectivity index (χ3n) is 9.45. The van der Waals surface area contributed by atoms with Gasteiger partial charge in [0.2, 0.25) is 0 Å². The molecular weight excluding hydrogens is 284 g/mol. The predicted molar refractivity (Wildman–Crippen MR) is 92.9 cm³/mol. The normalized spacial score (nSPS) is 59.6. The van der Waals surface area contributed by atoms with Gasteiger partial charge in [0.25, 0.3) is 0 Å². The molecule has 2 bridgehead atoms. The number of fused-ring (bicyclic) bond motifs is 6. The van der Waals surface area contributed by atoms with Gasteiger partial charge in [-0.15, -0.1) is 0 Å². The fraction of sp³-hybridized carbons (Fsp3) is 1.00. The molecule has 4 rings (SSSR count). The van der Waals surface area contributed by atoms with Crippen LogP contribution >= 0.6 is 0 Å². The summed E-state index contributed by atoms with van der Waals surface area (Å²) >= 11 is 0. The van der Waals surface area contributed by atoms with Crippen LogP contribution in [0.15, 0.2) is 0 Å². The summed E-state index contributed by atoms with van der Waals surface area (Å²) in [6.07, 6.45) is 10.6. The molecule has 4 aliphatic rings. The summed E-state index contributed by atoms with van der Waals surface area (Å²) in [6, 6.07) is 0. The van der Waals surface area contributed by atoms with Crippen molar-refractivity contribution in [3.8, 4) is 0 Å². The first-order valence-corrected chi connectivity index (χ1v) is 10.2. The van der Waals surface area contributed by atoms with Crippen LogP contribution in [-0.2, 0) is 0 Å². The van der Waals surface area contributed by atoms with E-state index in [9.17, 15) is 10.2 Å². The molecule has 9 atom stereocenters. The maximum absolute atomic E-state index is 11.1. The van der Waals surface area contributed by atoms with Crippen LogP contribution in [0.5, 0.6) is 0 Å². The molecule has 0 radical (unpaired) electrons. The van der Waals surface area contributed by atoms with E-state index < -0.39 is 0 Å². The summed E-state index contributed by atoms with van der Waals surface area (Å²) in [5.74, 6) is 3.26. The van der Waals surface area contributed by atoms with Crippen LogP contribution in [-0.4, -0.2) is 22.4 Å². The third-order valence-corrected chi connectivity index (χ3v) is 9.45. The Hall–Kier alpha value is -0.0800. The lowest BCUT2D eigenvalue weighted by Gasteiger charge is -2.52. The Kier molecular flexibility index (Phi) is 3.89. The van der Waals surface area contributed by atoms with E-state index in [1.165, 1.54) is 44.9 Å². The summed E-state index contributed by atoms with van der Waals surface area (Å²) in [6.45, 7) is 7.31. The van der Waals surface area contributed by atoms with Crippen LogP contribution in [0.3, 0.4) is 0 Å².